The normalized spacial score (nSPS) is 33.2. The smallest absolute Gasteiger partial charge is 0.105 e. The topological polar surface area (TPSA) is 41.5 Å². The summed E-state index contributed by atoms with van der Waals surface area (Å²) in [7, 11) is 0. The van der Waals surface area contributed by atoms with Crippen LogP contribution in [0.2, 0.25) is 0 Å². The Hall–Kier alpha value is -0.560. The molecule has 1 aliphatic rings. The third kappa shape index (κ3) is 2.70. The monoisotopic (exact) mass is 183 g/mol. The van der Waals surface area contributed by atoms with Crippen LogP contribution < -0.4 is 5.32 Å². The lowest BCUT2D eigenvalue weighted by atomic mass is 9.97. The molecule has 0 bridgehead atoms. The van der Waals surface area contributed by atoms with Gasteiger partial charge in [-0.15, -0.1) is 12.3 Å². The van der Waals surface area contributed by atoms with E-state index in [1.54, 1.807) is 0 Å². The zero-order valence-corrected chi connectivity index (χ0v) is 8.05. The van der Waals surface area contributed by atoms with E-state index in [0.29, 0.717) is 26.0 Å². The van der Waals surface area contributed by atoms with E-state index in [1.165, 1.54) is 0 Å². The Bertz CT molecular complexity index is 200. The molecule has 3 nitrogen and oxygen atoms in total. The first kappa shape index (κ1) is 10.5. The highest BCUT2D eigenvalue weighted by molar-refractivity contribution is 4.92. The maximum atomic E-state index is 10.0. The van der Waals surface area contributed by atoms with Crippen molar-refractivity contribution in [2.24, 2.45) is 0 Å². The first-order valence-electron chi connectivity index (χ1n) is 4.67. The highest BCUT2D eigenvalue weighted by Crippen LogP contribution is 2.24. The molecule has 1 rings (SSSR count). The summed E-state index contributed by atoms with van der Waals surface area (Å²) in [4.78, 5) is 0. The van der Waals surface area contributed by atoms with Gasteiger partial charge in [-0.2, -0.15) is 0 Å². The highest BCUT2D eigenvalue weighted by Gasteiger charge is 2.38. The number of ether oxygens (including phenoxy) is 1. The number of terminal acetylenes is 1. The Labute approximate surface area is 79.5 Å². The third-order valence-corrected chi connectivity index (χ3v) is 2.54. The molecule has 1 fully saturated rings. The quantitative estimate of drug-likeness (QED) is 0.481. The summed E-state index contributed by atoms with van der Waals surface area (Å²) in [5.41, 5.74) is -0.700. The van der Waals surface area contributed by atoms with Gasteiger partial charge in [0.1, 0.15) is 5.60 Å². The summed E-state index contributed by atoms with van der Waals surface area (Å²) in [6.07, 6.45) is 6.43. The van der Waals surface area contributed by atoms with E-state index >= 15 is 0 Å². The predicted molar refractivity (Wildman–Crippen MR) is 51.3 cm³/mol. The number of rotatable bonds is 4. The van der Waals surface area contributed by atoms with Crippen molar-refractivity contribution < 1.29 is 9.84 Å². The number of hydrogen-bond acceptors (Lipinski definition) is 3. The van der Waals surface area contributed by atoms with Gasteiger partial charge in [-0.3, -0.25) is 0 Å². The molecule has 2 atom stereocenters. The lowest BCUT2D eigenvalue weighted by Crippen LogP contribution is -2.46. The summed E-state index contributed by atoms with van der Waals surface area (Å²) in [6.45, 7) is 3.87. The molecule has 2 N–H and O–H groups in total. The number of aliphatic hydroxyl groups is 1. The zero-order valence-electron chi connectivity index (χ0n) is 8.05. The Morgan fingerprint density at radius 3 is 3.08 bits per heavy atom. The second-order valence-electron chi connectivity index (χ2n) is 3.50. The van der Waals surface area contributed by atoms with Crippen LogP contribution in [0.25, 0.3) is 0 Å². The van der Waals surface area contributed by atoms with Crippen molar-refractivity contribution in [1.29, 1.82) is 0 Å². The molecule has 3 heteroatoms. The first-order chi connectivity index (χ1) is 6.19. The molecule has 0 aliphatic carbocycles. The summed E-state index contributed by atoms with van der Waals surface area (Å²) >= 11 is 0. The van der Waals surface area contributed by atoms with Crippen molar-refractivity contribution in [3.63, 3.8) is 0 Å². The van der Waals surface area contributed by atoms with Crippen LogP contribution in [0.15, 0.2) is 0 Å². The average molecular weight is 183 g/mol. The molecule has 2 unspecified atom stereocenters. The Morgan fingerprint density at radius 2 is 2.54 bits per heavy atom. The molecule has 1 aliphatic heterocycles. The molecule has 0 aromatic carbocycles. The van der Waals surface area contributed by atoms with E-state index in [-0.39, 0.29) is 6.10 Å². The Morgan fingerprint density at radius 1 is 1.77 bits per heavy atom. The van der Waals surface area contributed by atoms with Gasteiger partial charge in [0, 0.05) is 32.5 Å². The van der Waals surface area contributed by atoms with Crippen LogP contribution in [0.4, 0.5) is 0 Å². The molecule has 0 amide bonds. The van der Waals surface area contributed by atoms with Gasteiger partial charge in [0.2, 0.25) is 0 Å². The lowest BCUT2D eigenvalue weighted by Gasteiger charge is -2.26. The molecule has 1 heterocycles. The van der Waals surface area contributed by atoms with Crippen molar-refractivity contribution in [3.05, 3.63) is 0 Å². The van der Waals surface area contributed by atoms with Gasteiger partial charge in [-0.1, -0.05) is 0 Å². The molecule has 0 spiro atoms. The van der Waals surface area contributed by atoms with Crippen molar-refractivity contribution in [1.82, 2.24) is 5.32 Å². The molecular weight excluding hydrogens is 166 g/mol. The minimum absolute atomic E-state index is 0.0779. The minimum Gasteiger partial charge on any atom is -0.386 e. The van der Waals surface area contributed by atoms with Gasteiger partial charge < -0.3 is 15.2 Å². The van der Waals surface area contributed by atoms with Gasteiger partial charge in [-0.05, 0) is 6.92 Å². The minimum atomic E-state index is -0.700. The maximum absolute atomic E-state index is 10.0. The lowest BCUT2D eigenvalue weighted by molar-refractivity contribution is -0.0258. The van der Waals surface area contributed by atoms with Crippen LogP contribution in [-0.4, -0.2) is 36.5 Å². The van der Waals surface area contributed by atoms with Crippen molar-refractivity contribution in [3.8, 4) is 12.3 Å². The van der Waals surface area contributed by atoms with Gasteiger partial charge >= 0.3 is 0 Å². The zero-order chi connectivity index (χ0) is 9.73. The van der Waals surface area contributed by atoms with E-state index in [1.807, 2.05) is 6.92 Å². The van der Waals surface area contributed by atoms with Crippen molar-refractivity contribution in [2.45, 2.75) is 31.5 Å². The molecule has 0 aromatic rings. The molecular formula is C10H17NO2. The van der Waals surface area contributed by atoms with Gasteiger partial charge in [0.15, 0.2) is 0 Å². The van der Waals surface area contributed by atoms with Gasteiger partial charge in [0.05, 0.1) is 6.10 Å². The second-order valence-corrected chi connectivity index (χ2v) is 3.50. The van der Waals surface area contributed by atoms with Gasteiger partial charge in [0.25, 0.3) is 0 Å². The summed E-state index contributed by atoms with van der Waals surface area (Å²) < 4.78 is 5.30. The van der Waals surface area contributed by atoms with Crippen LogP contribution in [0.5, 0.6) is 0 Å². The maximum Gasteiger partial charge on any atom is 0.105 e. The van der Waals surface area contributed by atoms with Crippen molar-refractivity contribution >= 4 is 0 Å². The van der Waals surface area contributed by atoms with Crippen LogP contribution in [-0.2, 0) is 4.74 Å². The SMILES string of the molecule is C#CCCNCC1(O)CCOC1C. The Kier molecular flexibility index (Phi) is 3.73. The summed E-state index contributed by atoms with van der Waals surface area (Å²) in [5.74, 6) is 2.54. The highest BCUT2D eigenvalue weighted by atomic mass is 16.5. The number of hydrogen-bond donors (Lipinski definition) is 2. The second kappa shape index (κ2) is 4.61. The molecule has 74 valence electrons. The average Bonchev–Trinajstić information content (AvgIpc) is 2.42. The standard InChI is InChI=1S/C10H17NO2/c1-3-4-6-11-8-10(12)5-7-13-9(10)2/h1,9,11-12H,4-8H2,2H3. The van der Waals surface area contributed by atoms with Crippen LogP contribution in [0.3, 0.4) is 0 Å². The largest absolute Gasteiger partial charge is 0.386 e. The number of nitrogens with one attached hydrogen (secondary N) is 1. The molecule has 0 saturated carbocycles. The summed E-state index contributed by atoms with van der Waals surface area (Å²) in [5, 5.41) is 13.1. The fourth-order valence-electron chi connectivity index (χ4n) is 1.47. The van der Waals surface area contributed by atoms with E-state index in [9.17, 15) is 5.11 Å². The van der Waals surface area contributed by atoms with Crippen LogP contribution in [0.1, 0.15) is 19.8 Å². The van der Waals surface area contributed by atoms with E-state index < -0.39 is 5.60 Å². The predicted octanol–water partition coefficient (Wildman–Crippen LogP) is 0.139. The molecule has 1 saturated heterocycles. The van der Waals surface area contributed by atoms with E-state index in [0.717, 1.165) is 6.54 Å². The molecule has 0 radical (unpaired) electrons. The molecule has 13 heavy (non-hydrogen) atoms. The van der Waals surface area contributed by atoms with E-state index in [2.05, 4.69) is 11.2 Å². The van der Waals surface area contributed by atoms with Crippen LogP contribution in [0, 0.1) is 12.3 Å². The fourth-order valence-corrected chi connectivity index (χ4v) is 1.47. The van der Waals surface area contributed by atoms with Crippen molar-refractivity contribution in [2.75, 3.05) is 19.7 Å². The summed E-state index contributed by atoms with van der Waals surface area (Å²) in [6, 6.07) is 0. The first-order valence-corrected chi connectivity index (χ1v) is 4.67. The fraction of sp³-hybridized carbons (Fsp3) is 0.800. The Balaban J connectivity index is 2.23. The molecule has 0 aromatic heterocycles. The van der Waals surface area contributed by atoms with Gasteiger partial charge in [-0.25, -0.2) is 0 Å². The van der Waals surface area contributed by atoms with Crippen LogP contribution >= 0.6 is 0 Å². The third-order valence-electron chi connectivity index (χ3n) is 2.54. The van der Waals surface area contributed by atoms with E-state index in [4.69, 9.17) is 11.2 Å².